The van der Waals surface area contributed by atoms with E-state index in [1.54, 1.807) is 7.11 Å². The van der Waals surface area contributed by atoms with Gasteiger partial charge in [-0.2, -0.15) is 0 Å². The summed E-state index contributed by atoms with van der Waals surface area (Å²) >= 11 is 0. The van der Waals surface area contributed by atoms with Gasteiger partial charge in [0.25, 0.3) is 0 Å². The van der Waals surface area contributed by atoms with Gasteiger partial charge in [0.2, 0.25) is 5.95 Å². The first-order chi connectivity index (χ1) is 13.3. The molecule has 1 atom stereocenters. The van der Waals surface area contributed by atoms with Gasteiger partial charge in [-0.25, -0.2) is 4.98 Å². The van der Waals surface area contributed by atoms with E-state index >= 15 is 0 Å². The predicted molar refractivity (Wildman–Crippen MR) is 109 cm³/mol. The van der Waals surface area contributed by atoms with E-state index in [1.807, 2.05) is 24.3 Å². The van der Waals surface area contributed by atoms with Gasteiger partial charge in [0.05, 0.1) is 24.2 Å². The van der Waals surface area contributed by atoms with Gasteiger partial charge in [0, 0.05) is 5.70 Å². The Morgan fingerprint density at radius 1 is 0.889 bits per heavy atom. The van der Waals surface area contributed by atoms with Crippen molar-refractivity contribution in [1.29, 1.82) is 0 Å². The van der Waals surface area contributed by atoms with E-state index in [2.05, 4.69) is 70.6 Å². The van der Waals surface area contributed by atoms with Crippen molar-refractivity contribution in [3.63, 3.8) is 0 Å². The SMILES string of the molecule is COc1ccc([C@@H]2C=C(c3ccccc3)Nc3nc4ccccc4n32)cc1. The maximum atomic E-state index is 5.32. The van der Waals surface area contributed by atoms with Crippen molar-refractivity contribution >= 4 is 22.7 Å². The molecule has 0 saturated heterocycles. The Kier molecular flexibility index (Phi) is 3.68. The fraction of sp³-hybridized carbons (Fsp3) is 0.0870. The van der Waals surface area contributed by atoms with E-state index in [4.69, 9.17) is 9.72 Å². The number of nitrogens with one attached hydrogen (secondary N) is 1. The summed E-state index contributed by atoms with van der Waals surface area (Å²) in [5.41, 5.74) is 5.51. The first kappa shape index (κ1) is 15.7. The number of allylic oxidation sites excluding steroid dienone is 1. The molecular weight excluding hydrogens is 334 g/mol. The monoisotopic (exact) mass is 353 g/mol. The molecule has 0 spiro atoms. The maximum Gasteiger partial charge on any atom is 0.209 e. The van der Waals surface area contributed by atoms with Crippen LogP contribution in [0.25, 0.3) is 16.7 Å². The van der Waals surface area contributed by atoms with Crippen LogP contribution < -0.4 is 10.1 Å². The van der Waals surface area contributed by atoms with Crippen LogP contribution in [-0.2, 0) is 0 Å². The Morgan fingerprint density at radius 3 is 2.41 bits per heavy atom. The molecule has 5 rings (SSSR count). The summed E-state index contributed by atoms with van der Waals surface area (Å²) in [7, 11) is 1.69. The van der Waals surface area contributed by atoms with Gasteiger partial charge in [-0.05, 0) is 41.5 Å². The maximum absolute atomic E-state index is 5.32. The average Bonchev–Trinajstić information content (AvgIpc) is 3.12. The summed E-state index contributed by atoms with van der Waals surface area (Å²) in [4.78, 5) is 4.82. The van der Waals surface area contributed by atoms with Crippen molar-refractivity contribution in [2.45, 2.75) is 6.04 Å². The van der Waals surface area contributed by atoms with Gasteiger partial charge in [-0.3, -0.25) is 4.57 Å². The number of benzene rings is 3. The van der Waals surface area contributed by atoms with E-state index in [9.17, 15) is 0 Å². The molecular formula is C23H19N3O. The molecule has 27 heavy (non-hydrogen) atoms. The van der Waals surface area contributed by atoms with Gasteiger partial charge in [-0.15, -0.1) is 0 Å². The highest BCUT2D eigenvalue weighted by atomic mass is 16.5. The Balaban J connectivity index is 1.70. The molecule has 132 valence electrons. The van der Waals surface area contributed by atoms with Crippen molar-refractivity contribution in [2.75, 3.05) is 12.4 Å². The molecule has 1 N–H and O–H groups in total. The second kappa shape index (κ2) is 6.32. The number of methoxy groups -OCH3 is 1. The molecule has 0 radical (unpaired) electrons. The number of fused-ring (bicyclic) bond motifs is 3. The Bertz CT molecular complexity index is 1130. The lowest BCUT2D eigenvalue weighted by Crippen LogP contribution is -2.19. The Morgan fingerprint density at radius 2 is 1.63 bits per heavy atom. The summed E-state index contributed by atoms with van der Waals surface area (Å²) in [5.74, 6) is 1.72. The van der Waals surface area contributed by atoms with Gasteiger partial charge in [0.15, 0.2) is 0 Å². The second-order valence-electron chi connectivity index (χ2n) is 6.58. The summed E-state index contributed by atoms with van der Waals surface area (Å²) in [5, 5.41) is 3.51. The molecule has 0 fully saturated rings. The molecule has 1 aliphatic heterocycles. The third kappa shape index (κ3) is 2.66. The summed E-state index contributed by atoms with van der Waals surface area (Å²) < 4.78 is 7.58. The topological polar surface area (TPSA) is 39.1 Å². The minimum Gasteiger partial charge on any atom is -0.497 e. The number of imidazole rings is 1. The summed E-state index contributed by atoms with van der Waals surface area (Å²) in [6.07, 6.45) is 2.26. The summed E-state index contributed by atoms with van der Waals surface area (Å²) in [6, 6.07) is 26.9. The van der Waals surface area contributed by atoms with Crippen LogP contribution in [0, 0.1) is 0 Å². The minimum absolute atomic E-state index is 0.0507. The highest BCUT2D eigenvalue weighted by molar-refractivity contribution is 5.85. The van der Waals surface area contributed by atoms with Gasteiger partial charge >= 0.3 is 0 Å². The molecule has 0 bridgehead atoms. The van der Waals surface area contributed by atoms with Crippen LogP contribution in [-0.4, -0.2) is 16.7 Å². The normalized spacial score (nSPS) is 15.7. The molecule has 4 nitrogen and oxygen atoms in total. The number of aromatic nitrogens is 2. The lowest BCUT2D eigenvalue weighted by atomic mass is 10.0. The number of para-hydroxylation sites is 2. The van der Waals surface area contributed by atoms with Gasteiger partial charge in [-0.1, -0.05) is 54.6 Å². The lowest BCUT2D eigenvalue weighted by molar-refractivity contribution is 0.414. The van der Waals surface area contributed by atoms with E-state index < -0.39 is 0 Å². The fourth-order valence-electron chi connectivity index (χ4n) is 3.64. The van der Waals surface area contributed by atoms with Crippen molar-refractivity contribution in [2.24, 2.45) is 0 Å². The Hall–Kier alpha value is -3.53. The van der Waals surface area contributed by atoms with Crippen LogP contribution in [0.4, 0.5) is 5.95 Å². The quantitative estimate of drug-likeness (QED) is 0.557. The average molecular weight is 353 g/mol. The molecule has 4 aromatic rings. The van der Waals surface area contributed by atoms with Crippen LogP contribution in [0.2, 0.25) is 0 Å². The van der Waals surface area contributed by atoms with E-state index in [1.165, 1.54) is 5.56 Å². The second-order valence-corrected chi connectivity index (χ2v) is 6.58. The third-order valence-electron chi connectivity index (χ3n) is 4.99. The van der Waals surface area contributed by atoms with Crippen LogP contribution in [0.3, 0.4) is 0 Å². The molecule has 0 unspecified atom stereocenters. The van der Waals surface area contributed by atoms with Gasteiger partial charge in [0.1, 0.15) is 5.75 Å². The van der Waals surface area contributed by atoms with E-state index in [0.29, 0.717) is 0 Å². The third-order valence-corrected chi connectivity index (χ3v) is 4.99. The predicted octanol–water partition coefficient (Wildman–Crippen LogP) is 5.10. The standard InChI is InChI=1S/C23H19N3O/c1-27-18-13-11-17(12-14-18)22-15-20(16-7-3-2-4-8-16)25-23-24-19-9-5-6-10-21(19)26(22)23/h2-15,22H,1H3,(H,24,25)/t22-/m0/s1. The number of rotatable bonds is 3. The molecule has 1 aliphatic rings. The smallest absolute Gasteiger partial charge is 0.209 e. The van der Waals surface area contributed by atoms with Crippen molar-refractivity contribution < 1.29 is 4.74 Å². The van der Waals surface area contributed by atoms with Crippen molar-refractivity contribution in [3.8, 4) is 5.75 Å². The van der Waals surface area contributed by atoms with Crippen molar-refractivity contribution in [3.05, 3.63) is 96.1 Å². The number of anilines is 1. The molecule has 2 heterocycles. The number of hydrogen-bond donors (Lipinski definition) is 1. The molecule has 0 saturated carbocycles. The Labute approximate surface area is 157 Å². The molecule has 1 aromatic heterocycles. The number of ether oxygens (including phenoxy) is 1. The first-order valence-corrected chi connectivity index (χ1v) is 8.99. The minimum atomic E-state index is 0.0507. The highest BCUT2D eigenvalue weighted by Crippen LogP contribution is 2.37. The van der Waals surface area contributed by atoms with Crippen molar-refractivity contribution in [1.82, 2.24) is 9.55 Å². The fourth-order valence-corrected chi connectivity index (χ4v) is 3.64. The van der Waals surface area contributed by atoms with E-state index in [0.717, 1.165) is 34.0 Å². The van der Waals surface area contributed by atoms with Crippen LogP contribution in [0.1, 0.15) is 17.2 Å². The highest BCUT2D eigenvalue weighted by Gasteiger charge is 2.25. The largest absolute Gasteiger partial charge is 0.497 e. The lowest BCUT2D eigenvalue weighted by Gasteiger charge is -2.26. The van der Waals surface area contributed by atoms with Crippen LogP contribution in [0.5, 0.6) is 5.75 Å². The molecule has 0 aliphatic carbocycles. The van der Waals surface area contributed by atoms with E-state index in [-0.39, 0.29) is 6.04 Å². The number of hydrogen-bond acceptors (Lipinski definition) is 3. The molecule has 0 amide bonds. The number of nitrogens with zero attached hydrogens (tertiary/aromatic N) is 2. The molecule has 4 heteroatoms. The zero-order chi connectivity index (χ0) is 18.2. The summed E-state index contributed by atoms with van der Waals surface area (Å²) in [6.45, 7) is 0. The van der Waals surface area contributed by atoms with Crippen LogP contribution >= 0.6 is 0 Å². The first-order valence-electron chi connectivity index (χ1n) is 8.99. The van der Waals surface area contributed by atoms with Crippen LogP contribution in [0.15, 0.2) is 84.9 Å². The molecule has 3 aromatic carbocycles. The zero-order valence-electron chi connectivity index (χ0n) is 15.0. The van der Waals surface area contributed by atoms with Gasteiger partial charge < -0.3 is 10.1 Å². The zero-order valence-corrected chi connectivity index (χ0v) is 15.0.